The number of amides is 1. The Kier molecular flexibility index (Phi) is 4.73. The summed E-state index contributed by atoms with van der Waals surface area (Å²) < 4.78 is 0. The molecule has 2 heterocycles. The number of carbonyl (C=O) groups excluding carboxylic acids is 1. The van der Waals surface area contributed by atoms with Crippen LogP contribution in [0, 0.1) is 0 Å². The molecule has 6 heteroatoms. The van der Waals surface area contributed by atoms with E-state index in [1.165, 1.54) is 11.3 Å². The zero-order chi connectivity index (χ0) is 16.2. The molecular weight excluding hydrogens is 312 g/mol. The quantitative estimate of drug-likeness (QED) is 0.935. The fourth-order valence-electron chi connectivity index (χ4n) is 2.90. The van der Waals surface area contributed by atoms with Crippen LogP contribution in [0.15, 0.2) is 47.2 Å². The van der Waals surface area contributed by atoms with Gasteiger partial charge in [0.1, 0.15) is 6.04 Å². The SMILES string of the molecule is O=C(O)C(c1ccccc1)N1CCN(C(=O)c2ccsc2)CC1. The molecule has 2 aromatic rings. The van der Waals surface area contributed by atoms with E-state index < -0.39 is 12.0 Å². The molecule has 1 aliphatic heterocycles. The van der Waals surface area contributed by atoms with Crippen LogP contribution in [0.3, 0.4) is 0 Å². The van der Waals surface area contributed by atoms with Gasteiger partial charge >= 0.3 is 5.97 Å². The lowest BCUT2D eigenvalue weighted by Gasteiger charge is -2.37. The van der Waals surface area contributed by atoms with Crippen LogP contribution in [0.5, 0.6) is 0 Å². The van der Waals surface area contributed by atoms with Crippen molar-refractivity contribution >= 4 is 23.2 Å². The van der Waals surface area contributed by atoms with E-state index in [1.807, 2.05) is 52.1 Å². The first-order valence-corrected chi connectivity index (χ1v) is 8.44. The zero-order valence-corrected chi connectivity index (χ0v) is 13.4. The highest BCUT2D eigenvalue weighted by molar-refractivity contribution is 7.08. The number of thiophene rings is 1. The number of nitrogens with zero attached hydrogens (tertiary/aromatic N) is 2. The van der Waals surface area contributed by atoms with Crippen molar-refractivity contribution in [2.75, 3.05) is 26.2 Å². The summed E-state index contributed by atoms with van der Waals surface area (Å²) in [6.45, 7) is 2.21. The molecule has 0 bridgehead atoms. The number of aliphatic carboxylic acids is 1. The largest absolute Gasteiger partial charge is 0.480 e. The lowest BCUT2D eigenvalue weighted by atomic mass is 10.0. The molecule has 1 atom stereocenters. The Labute approximate surface area is 138 Å². The van der Waals surface area contributed by atoms with Gasteiger partial charge in [-0.2, -0.15) is 11.3 Å². The third kappa shape index (κ3) is 3.43. The van der Waals surface area contributed by atoms with Crippen molar-refractivity contribution < 1.29 is 14.7 Å². The summed E-state index contributed by atoms with van der Waals surface area (Å²) in [5.41, 5.74) is 1.49. The number of rotatable bonds is 4. The highest BCUT2D eigenvalue weighted by Gasteiger charge is 2.31. The van der Waals surface area contributed by atoms with Crippen LogP contribution in [0.25, 0.3) is 0 Å². The monoisotopic (exact) mass is 330 g/mol. The van der Waals surface area contributed by atoms with Gasteiger partial charge in [0.05, 0.1) is 5.56 Å². The average molecular weight is 330 g/mol. The first-order valence-electron chi connectivity index (χ1n) is 7.50. The molecule has 3 rings (SSSR count). The van der Waals surface area contributed by atoms with Gasteiger partial charge in [-0.1, -0.05) is 30.3 Å². The lowest BCUT2D eigenvalue weighted by Crippen LogP contribution is -2.50. The molecule has 23 heavy (non-hydrogen) atoms. The molecule has 0 spiro atoms. The van der Waals surface area contributed by atoms with E-state index in [4.69, 9.17) is 0 Å². The third-order valence-electron chi connectivity index (χ3n) is 4.08. The van der Waals surface area contributed by atoms with E-state index in [0.29, 0.717) is 31.7 Å². The molecule has 1 fully saturated rings. The van der Waals surface area contributed by atoms with E-state index in [1.54, 1.807) is 4.90 Å². The van der Waals surface area contributed by atoms with Gasteiger partial charge in [-0.3, -0.25) is 14.5 Å². The van der Waals surface area contributed by atoms with Crippen molar-refractivity contribution in [1.82, 2.24) is 9.80 Å². The molecule has 120 valence electrons. The fourth-order valence-corrected chi connectivity index (χ4v) is 3.53. The molecular formula is C17H18N2O3S. The van der Waals surface area contributed by atoms with Crippen LogP contribution in [-0.4, -0.2) is 53.0 Å². The Morgan fingerprint density at radius 1 is 1.04 bits per heavy atom. The summed E-state index contributed by atoms with van der Waals surface area (Å²) in [7, 11) is 0. The van der Waals surface area contributed by atoms with Gasteiger partial charge < -0.3 is 10.0 Å². The van der Waals surface area contributed by atoms with Crippen molar-refractivity contribution in [3.05, 3.63) is 58.3 Å². The highest BCUT2D eigenvalue weighted by Crippen LogP contribution is 2.23. The maximum atomic E-state index is 12.3. The first-order chi connectivity index (χ1) is 11.2. The smallest absolute Gasteiger partial charge is 0.325 e. The molecule has 1 aliphatic rings. The van der Waals surface area contributed by atoms with Crippen LogP contribution in [0.1, 0.15) is 22.0 Å². The van der Waals surface area contributed by atoms with Crippen LogP contribution in [0.4, 0.5) is 0 Å². The van der Waals surface area contributed by atoms with E-state index in [-0.39, 0.29) is 5.91 Å². The summed E-state index contributed by atoms with van der Waals surface area (Å²) in [5, 5.41) is 13.3. The number of hydrogen-bond acceptors (Lipinski definition) is 4. The topological polar surface area (TPSA) is 60.9 Å². The minimum absolute atomic E-state index is 0.0255. The average Bonchev–Trinajstić information content (AvgIpc) is 3.10. The number of benzene rings is 1. The van der Waals surface area contributed by atoms with Gasteiger partial charge in [-0.05, 0) is 17.0 Å². The number of carboxylic acid groups (broad SMARTS) is 1. The molecule has 1 unspecified atom stereocenters. The van der Waals surface area contributed by atoms with Crippen LogP contribution in [0.2, 0.25) is 0 Å². The van der Waals surface area contributed by atoms with Gasteiger partial charge in [-0.15, -0.1) is 0 Å². The molecule has 0 saturated carbocycles. The van der Waals surface area contributed by atoms with E-state index >= 15 is 0 Å². The van der Waals surface area contributed by atoms with Gasteiger partial charge in [0, 0.05) is 31.6 Å². The standard InChI is InChI=1S/C17H18N2O3S/c20-16(14-6-11-23-12-14)19-9-7-18(8-10-19)15(17(21)22)13-4-2-1-3-5-13/h1-6,11-12,15H,7-10H2,(H,21,22). The minimum Gasteiger partial charge on any atom is -0.480 e. The second-order valence-corrected chi connectivity index (χ2v) is 6.27. The maximum absolute atomic E-state index is 12.3. The van der Waals surface area contributed by atoms with Gasteiger partial charge in [0.2, 0.25) is 0 Å². The van der Waals surface area contributed by atoms with Crippen molar-refractivity contribution in [3.63, 3.8) is 0 Å². The zero-order valence-electron chi connectivity index (χ0n) is 12.6. The van der Waals surface area contributed by atoms with Gasteiger partial charge in [0.25, 0.3) is 5.91 Å². The molecule has 1 N–H and O–H groups in total. The van der Waals surface area contributed by atoms with Crippen molar-refractivity contribution in [3.8, 4) is 0 Å². The maximum Gasteiger partial charge on any atom is 0.325 e. The van der Waals surface area contributed by atoms with E-state index in [2.05, 4.69) is 0 Å². The lowest BCUT2D eigenvalue weighted by molar-refractivity contribution is -0.144. The summed E-state index contributed by atoms with van der Waals surface area (Å²) in [6, 6.07) is 10.4. The van der Waals surface area contributed by atoms with Crippen LogP contribution in [-0.2, 0) is 4.79 Å². The second kappa shape index (κ2) is 6.93. The predicted octanol–water partition coefficient (Wildman–Crippen LogP) is 2.33. The minimum atomic E-state index is -0.853. The molecule has 1 saturated heterocycles. The molecule has 1 aromatic carbocycles. The summed E-state index contributed by atoms with van der Waals surface area (Å²) in [6.07, 6.45) is 0. The summed E-state index contributed by atoms with van der Waals surface area (Å²) in [4.78, 5) is 27.7. The Hall–Kier alpha value is -2.18. The van der Waals surface area contributed by atoms with Crippen molar-refractivity contribution in [2.45, 2.75) is 6.04 Å². The highest BCUT2D eigenvalue weighted by atomic mass is 32.1. The Balaban J connectivity index is 1.67. The predicted molar refractivity (Wildman–Crippen MR) is 88.6 cm³/mol. The molecule has 1 amide bonds. The first kappa shape index (κ1) is 15.7. The van der Waals surface area contributed by atoms with E-state index in [0.717, 1.165) is 5.56 Å². The summed E-state index contributed by atoms with van der Waals surface area (Å²) >= 11 is 1.50. The van der Waals surface area contributed by atoms with Crippen molar-refractivity contribution in [2.24, 2.45) is 0 Å². The second-order valence-electron chi connectivity index (χ2n) is 5.49. The Morgan fingerprint density at radius 3 is 2.30 bits per heavy atom. The number of hydrogen-bond donors (Lipinski definition) is 1. The normalized spacial score (nSPS) is 17.0. The number of piperazine rings is 1. The molecule has 0 aliphatic carbocycles. The van der Waals surface area contributed by atoms with E-state index in [9.17, 15) is 14.7 Å². The summed E-state index contributed by atoms with van der Waals surface area (Å²) in [5.74, 6) is -0.828. The number of carbonyl (C=O) groups is 2. The Morgan fingerprint density at radius 2 is 1.74 bits per heavy atom. The van der Waals surface area contributed by atoms with Crippen molar-refractivity contribution in [1.29, 1.82) is 0 Å². The third-order valence-corrected chi connectivity index (χ3v) is 4.77. The van der Waals surface area contributed by atoms with Gasteiger partial charge in [-0.25, -0.2) is 0 Å². The fraction of sp³-hybridized carbons (Fsp3) is 0.294. The molecule has 0 radical (unpaired) electrons. The Bertz CT molecular complexity index is 664. The molecule has 1 aromatic heterocycles. The van der Waals surface area contributed by atoms with Crippen LogP contribution >= 0.6 is 11.3 Å². The number of carboxylic acids is 1. The van der Waals surface area contributed by atoms with Gasteiger partial charge in [0.15, 0.2) is 0 Å². The van der Waals surface area contributed by atoms with Crippen LogP contribution < -0.4 is 0 Å². The molecule has 5 nitrogen and oxygen atoms in total.